The van der Waals surface area contributed by atoms with Crippen LogP contribution >= 0.6 is 11.5 Å². The molecule has 2 heterocycles. The van der Waals surface area contributed by atoms with Gasteiger partial charge in [0, 0.05) is 22.3 Å². The first-order valence-electron chi connectivity index (χ1n) is 4.84. The van der Waals surface area contributed by atoms with Gasteiger partial charge in [-0.2, -0.15) is 0 Å². The topological polar surface area (TPSA) is 55.4 Å². The van der Waals surface area contributed by atoms with Gasteiger partial charge >= 0.3 is 0 Å². The van der Waals surface area contributed by atoms with Gasteiger partial charge in [0.25, 0.3) is 0 Å². The Bertz CT molecular complexity index is 798. The SMILES string of the molecule is N=c1c2ccs[nH]c2c2cc(F)c(F)c[nH]c12. The second-order valence-electron chi connectivity index (χ2n) is 3.60. The Morgan fingerprint density at radius 1 is 1.12 bits per heavy atom. The van der Waals surface area contributed by atoms with Gasteiger partial charge in [0.15, 0.2) is 11.6 Å². The van der Waals surface area contributed by atoms with Crippen molar-refractivity contribution in [2.75, 3.05) is 0 Å². The fourth-order valence-electron chi connectivity index (χ4n) is 1.83. The van der Waals surface area contributed by atoms with Crippen LogP contribution in [0.25, 0.3) is 21.8 Å². The molecule has 1 aromatic carbocycles. The van der Waals surface area contributed by atoms with Gasteiger partial charge in [-0.05, 0) is 12.1 Å². The molecule has 0 unspecified atom stereocenters. The molecule has 2 aromatic heterocycles. The summed E-state index contributed by atoms with van der Waals surface area (Å²) in [6, 6.07) is 2.88. The summed E-state index contributed by atoms with van der Waals surface area (Å²) in [5.41, 5.74) is 1.06. The highest BCUT2D eigenvalue weighted by atomic mass is 32.1. The lowest BCUT2D eigenvalue weighted by Gasteiger charge is -1.88. The Morgan fingerprint density at radius 2 is 1.94 bits per heavy atom. The molecule has 0 saturated carbocycles. The van der Waals surface area contributed by atoms with Crippen molar-refractivity contribution in [1.29, 1.82) is 5.41 Å². The van der Waals surface area contributed by atoms with Crippen LogP contribution in [0.2, 0.25) is 0 Å². The second kappa shape index (κ2) is 3.53. The quantitative estimate of drug-likeness (QED) is 0.550. The Morgan fingerprint density at radius 3 is 2.76 bits per heavy atom. The van der Waals surface area contributed by atoms with E-state index in [1.54, 1.807) is 11.4 Å². The van der Waals surface area contributed by atoms with Crippen LogP contribution < -0.4 is 5.36 Å². The van der Waals surface area contributed by atoms with Gasteiger partial charge < -0.3 is 9.36 Å². The number of nitrogens with one attached hydrogen (secondary N) is 3. The maximum absolute atomic E-state index is 13.4. The summed E-state index contributed by atoms with van der Waals surface area (Å²) in [6.07, 6.45) is 0.929. The van der Waals surface area contributed by atoms with Crippen molar-refractivity contribution in [3.63, 3.8) is 0 Å². The van der Waals surface area contributed by atoms with Gasteiger partial charge in [0.05, 0.1) is 16.4 Å². The first-order chi connectivity index (χ1) is 8.18. The van der Waals surface area contributed by atoms with Gasteiger partial charge in [0.1, 0.15) is 0 Å². The highest BCUT2D eigenvalue weighted by Crippen LogP contribution is 2.21. The summed E-state index contributed by atoms with van der Waals surface area (Å²) >= 11 is 1.33. The van der Waals surface area contributed by atoms with Gasteiger partial charge in [0.2, 0.25) is 0 Å². The molecule has 0 spiro atoms. The van der Waals surface area contributed by atoms with Crippen LogP contribution in [0.15, 0.2) is 23.7 Å². The van der Waals surface area contributed by atoms with Gasteiger partial charge in [-0.1, -0.05) is 11.5 Å². The lowest BCUT2D eigenvalue weighted by Crippen LogP contribution is -1.95. The summed E-state index contributed by atoms with van der Waals surface area (Å²) in [5.74, 6) is -1.90. The second-order valence-corrected chi connectivity index (χ2v) is 4.32. The van der Waals surface area contributed by atoms with Crippen LogP contribution in [0.3, 0.4) is 0 Å². The molecule has 6 heteroatoms. The number of halogens is 2. The zero-order chi connectivity index (χ0) is 12.0. The van der Waals surface area contributed by atoms with E-state index in [1.807, 2.05) is 0 Å². The van der Waals surface area contributed by atoms with E-state index in [9.17, 15) is 8.78 Å². The maximum atomic E-state index is 13.4. The molecule has 3 rings (SSSR count). The molecule has 0 aliphatic heterocycles. The Balaban J connectivity index is 2.68. The van der Waals surface area contributed by atoms with Gasteiger partial charge in [-0.25, -0.2) is 8.78 Å². The van der Waals surface area contributed by atoms with Crippen molar-refractivity contribution in [3.8, 4) is 0 Å². The van der Waals surface area contributed by atoms with E-state index in [-0.39, 0.29) is 5.36 Å². The van der Waals surface area contributed by atoms with Crippen LogP contribution in [0, 0.1) is 17.0 Å². The van der Waals surface area contributed by atoms with E-state index in [4.69, 9.17) is 5.41 Å². The minimum atomic E-state index is -0.964. The molecule has 3 nitrogen and oxygen atoms in total. The highest BCUT2D eigenvalue weighted by molar-refractivity contribution is 7.03. The average Bonchev–Trinajstić information content (AvgIpc) is 2.50. The maximum Gasteiger partial charge on any atom is 0.174 e. The number of H-pyrrole nitrogens is 2. The fraction of sp³-hybridized carbons (Fsp3) is 0. The van der Waals surface area contributed by atoms with Crippen LogP contribution in [0.5, 0.6) is 0 Å². The predicted molar refractivity (Wildman–Crippen MR) is 62.6 cm³/mol. The molecule has 0 aliphatic carbocycles. The summed E-state index contributed by atoms with van der Waals surface area (Å²) in [6.45, 7) is 0. The number of rotatable bonds is 0. The van der Waals surface area contributed by atoms with E-state index < -0.39 is 11.6 Å². The third-order valence-electron chi connectivity index (χ3n) is 2.63. The first kappa shape index (κ1) is 10.2. The number of aromatic nitrogens is 2. The predicted octanol–water partition coefficient (Wildman–Crippen LogP) is 3.03. The molecule has 3 N–H and O–H groups in total. The molecule has 3 aromatic rings. The minimum Gasteiger partial charge on any atom is -0.357 e. The van der Waals surface area contributed by atoms with Crippen LogP contribution in [-0.4, -0.2) is 9.36 Å². The normalized spacial score (nSPS) is 11.2. The van der Waals surface area contributed by atoms with Crippen molar-refractivity contribution < 1.29 is 8.78 Å². The molecule has 0 bridgehead atoms. The molecule has 0 fully saturated rings. The lowest BCUT2D eigenvalue weighted by molar-refractivity contribution is 0.509. The molecule has 86 valence electrons. The fourth-order valence-corrected chi connectivity index (χ4v) is 2.44. The third kappa shape index (κ3) is 1.41. The van der Waals surface area contributed by atoms with Gasteiger partial charge in [-0.3, -0.25) is 5.41 Å². The van der Waals surface area contributed by atoms with E-state index in [0.717, 1.165) is 12.3 Å². The number of hydrogen-bond acceptors (Lipinski definition) is 2. The van der Waals surface area contributed by atoms with Crippen molar-refractivity contribution in [3.05, 3.63) is 40.7 Å². The molecular weight excluding hydrogens is 244 g/mol. The zero-order valence-electron chi connectivity index (χ0n) is 8.47. The largest absolute Gasteiger partial charge is 0.357 e. The monoisotopic (exact) mass is 251 g/mol. The molecular formula is C11H7F2N3S. The summed E-state index contributed by atoms with van der Waals surface area (Å²) < 4.78 is 29.4. The Kier molecular flexibility index (Phi) is 2.12. The minimum absolute atomic E-state index is 0.231. The van der Waals surface area contributed by atoms with E-state index in [2.05, 4.69) is 9.36 Å². The standard InChI is InChI=1S/C11H7F2N3S/c12-7-3-6-10-5(1-2-17-16-10)9(14)11(6)15-4-8(7)13/h1-4,14-16H. The van der Waals surface area contributed by atoms with Gasteiger partial charge in [-0.15, -0.1) is 0 Å². The van der Waals surface area contributed by atoms with Crippen molar-refractivity contribution >= 4 is 33.3 Å². The zero-order valence-corrected chi connectivity index (χ0v) is 9.29. The average molecular weight is 251 g/mol. The van der Waals surface area contributed by atoms with Crippen LogP contribution in [-0.2, 0) is 0 Å². The molecule has 0 atom stereocenters. The smallest absolute Gasteiger partial charge is 0.174 e. The molecule has 17 heavy (non-hydrogen) atoms. The lowest BCUT2D eigenvalue weighted by atomic mass is 10.3. The first-order valence-corrected chi connectivity index (χ1v) is 5.72. The molecule has 0 aliphatic rings. The Labute approximate surface area is 98.0 Å². The summed E-state index contributed by atoms with van der Waals surface area (Å²) in [7, 11) is 0. The van der Waals surface area contributed by atoms with Crippen LogP contribution in [0.1, 0.15) is 0 Å². The van der Waals surface area contributed by atoms with E-state index in [0.29, 0.717) is 21.8 Å². The van der Waals surface area contributed by atoms with Crippen LogP contribution in [0.4, 0.5) is 8.78 Å². The number of hydrogen-bond donors (Lipinski definition) is 3. The number of aromatic amines is 2. The van der Waals surface area contributed by atoms with Crippen molar-refractivity contribution in [1.82, 2.24) is 9.36 Å². The Hall–Kier alpha value is -1.95. The number of fused-ring (bicyclic) bond motifs is 3. The van der Waals surface area contributed by atoms with E-state index in [1.165, 1.54) is 11.5 Å². The van der Waals surface area contributed by atoms with Crippen molar-refractivity contribution in [2.24, 2.45) is 0 Å². The third-order valence-corrected chi connectivity index (χ3v) is 3.23. The highest BCUT2D eigenvalue weighted by Gasteiger charge is 2.09. The van der Waals surface area contributed by atoms with Crippen molar-refractivity contribution in [2.45, 2.75) is 0 Å². The van der Waals surface area contributed by atoms with E-state index >= 15 is 0 Å². The summed E-state index contributed by atoms with van der Waals surface area (Å²) in [5, 5.41) is 11.1. The molecule has 0 saturated heterocycles. The summed E-state index contributed by atoms with van der Waals surface area (Å²) in [4.78, 5) is 2.63. The molecule has 0 amide bonds. The molecule has 0 radical (unpaired) electrons.